The van der Waals surface area contributed by atoms with Gasteiger partial charge in [-0.1, -0.05) is 0 Å². The van der Waals surface area contributed by atoms with Crippen LogP contribution in [0.1, 0.15) is 6.92 Å². The molecule has 0 radical (unpaired) electrons. The summed E-state index contributed by atoms with van der Waals surface area (Å²) in [4.78, 5) is 21.0. The number of carbonyl (C=O) groups is 1. The Morgan fingerprint density at radius 3 is 2.43 bits per heavy atom. The van der Waals surface area contributed by atoms with Crippen LogP contribution < -0.4 is 10.2 Å². The molecule has 116 valence electrons. The number of nitrogens with zero attached hydrogens (tertiary/aromatic N) is 4. The first-order valence-electron chi connectivity index (χ1n) is 6.73. The molecule has 0 aliphatic carbocycles. The molecule has 9 heteroatoms. The van der Waals surface area contributed by atoms with E-state index in [1.807, 2.05) is 4.90 Å². The Bertz CT molecular complexity index is 570. The fraction of sp³-hybridized carbons (Fsp3) is 0.583. The molecule has 2 rings (SSSR count). The van der Waals surface area contributed by atoms with Crippen molar-refractivity contribution in [3.8, 4) is 0 Å². The number of piperazine rings is 1. The van der Waals surface area contributed by atoms with E-state index < -0.39 is 10.0 Å². The third-order valence-corrected chi connectivity index (χ3v) is 5.07. The maximum atomic E-state index is 12.1. The van der Waals surface area contributed by atoms with E-state index in [1.165, 1.54) is 11.2 Å². The van der Waals surface area contributed by atoms with Gasteiger partial charge in [0, 0.05) is 52.0 Å². The average molecular weight is 313 g/mol. The molecule has 0 spiro atoms. The van der Waals surface area contributed by atoms with E-state index in [4.69, 9.17) is 0 Å². The molecule has 1 amide bonds. The van der Waals surface area contributed by atoms with Crippen molar-refractivity contribution in [3.05, 3.63) is 18.5 Å². The molecule has 0 unspecified atom stereocenters. The van der Waals surface area contributed by atoms with Crippen LogP contribution in [0.5, 0.6) is 0 Å². The SMILES string of the molecule is CC(=O)NCCS(=O)(=O)N1CCN(c2ncccn2)CC1. The van der Waals surface area contributed by atoms with E-state index in [0.29, 0.717) is 32.1 Å². The predicted octanol–water partition coefficient (Wildman–Crippen LogP) is -0.935. The lowest BCUT2D eigenvalue weighted by Gasteiger charge is -2.33. The fourth-order valence-electron chi connectivity index (χ4n) is 2.11. The summed E-state index contributed by atoms with van der Waals surface area (Å²) in [5, 5.41) is 2.50. The van der Waals surface area contributed by atoms with Crippen molar-refractivity contribution in [1.29, 1.82) is 0 Å². The molecule has 2 heterocycles. The Kier molecular flexibility index (Phi) is 5.07. The molecular weight excluding hydrogens is 294 g/mol. The number of anilines is 1. The van der Waals surface area contributed by atoms with E-state index >= 15 is 0 Å². The highest BCUT2D eigenvalue weighted by atomic mass is 32.2. The van der Waals surface area contributed by atoms with Gasteiger partial charge in [-0.25, -0.2) is 18.4 Å². The van der Waals surface area contributed by atoms with Crippen molar-refractivity contribution < 1.29 is 13.2 Å². The molecular formula is C12H19N5O3S. The van der Waals surface area contributed by atoms with Crippen molar-refractivity contribution in [3.63, 3.8) is 0 Å². The topological polar surface area (TPSA) is 95.5 Å². The molecule has 21 heavy (non-hydrogen) atoms. The Morgan fingerprint density at radius 2 is 1.86 bits per heavy atom. The number of aromatic nitrogens is 2. The Balaban J connectivity index is 1.87. The maximum absolute atomic E-state index is 12.1. The highest BCUT2D eigenvalue weighted by Crippen LogP contribution is 2.12. The lowest BCUT2D eigenvalue weighted by molar-refractivity contribution is -0.118. The van der Waals surface area contributed by atoms with Crippen molar-refractivity contribution in [2.75, 3.05) is 43.4 Å². The average Bonchev–Trinajstić information content (AvgIpc) is 2.48. The number of hydrogen-bond acceptors (Lipinski definition) is 6. The molecule has 0 aromatic carbocycles. The number of nitrogens with one attached hydrogen (secondary N) is 1. The Morgan fingerprint density at radius 1 is 1.24 bits per heavy atom. The Hall–Kier alpha value is -1.74. The molecule has 1 aromatic rings. The minimum absolute atomic E-state index is 0.0750. The van der Waals surface area contributed by atoms with Crippen molar-refractivity contribution >= 4 is 21.9 Å². The summed E-state index contributed by atoms with van der Waals surface area (Å²) in [6.45, 7) is 3.43. The highest BCUT2D eigenvalue weighted by molar-refractivity contribution is 7.89. The largest absolute Gasteiger partial charge is 0.355 e. The lowest BCUT2D eigenvalue weighted by Crippen LogP contribution is -2.50. The van der Waals surface area contributed by atoms with Crippen LogP contribution >= 0.6 is 0 Å². The molecule has 0 bridgehead atoms. The van der Waals surface area contributed by atoms with Gasteiger partial charge in [0.05, 0.1) is 5.75 Å². The van der Waals surface area contributed by atoms with Gasteiger partial charge in [-0.3, -0.25) is 4.79 Å². The zero-order chi connectivity index (χ0) is 15.3. The molecule has 1 saturated heterocycles. The molecule has 1 aliphatic heterocycles. The summed E-state index contributed by atoms with van der Waals surface area (Å²) >= 11 is 0. The standard InChI is InChI=1S/C12H19N5O3S/c1-11(18)13-5-10-21(19,20)17-8-6-16(7-9-17)12-14-3-2-4-15-12/h2-4H,5-10H2,1H3,(H,13,18). The van der Waals surface area contributed by atoms with Gasteiger partial charge in [0.25, 0.3) is 0 Å². The van der Waals surface area contributed by atoms with Crippen LogP contribution in [0.2, 0.25) is 0 Å². The number of amides is 1. The van der Waals surface area contributed by atoms with E-state index in [2.05, 4.69) is 15.3 Å². The van der Waals surface area contributed by atoms with Gasteiger partial charge in [-0.2, -0.15) is 4.31 Å². The Labute approximate surface area is 124 Å². The van der Waals surface area contributed by atoms with Crippen molar-refractivity contribution in [1.82, 2.24) is 19.6 Å². The molecule has 0 saturated carbocycles. The highest BCUT2D eigenvalue weighted by Gasteiger charge is 2.27. The van der Waals surface area contributed by atoms with Gasteiger partial charge < -0.3 is 10.2 Å². The van der Waals surface area contributed by atoms with Crippen LogP contribution in [-0.4, -0.2) is 67.1 Å². The zero-order valence-electron chi connectivity index (χ0n) is 11.9. The van der Waals surface area contributed by atoms with Crippen LogP contribution in [0.15, 0.2) is 18.5 Å². The van der Waals surface area contributed by atoms with Crippen molar-refractivity contribution in [2.45, 2.75) is 6.92 Å². The smallest absolute Gasteiger partial charge is 0.225 e. The van der Waals surface area contributed by atoms with Crippen LogP contribution in [0, 0.1) is 0 Å². The molecule has 1 fully saturated rings. The second kappa shape index (κ2) is 6.81. The first-order valence-corrected chi connectivity index (χ1v) is 8.34. The first-order chi connectivity index (χ1) is 9.99. The minimum Gasteiger partial charge on any atom is -0.355 e. The predicted molar refractivity (Wildman–Crippen MR) is 78.3 cm³/mol. The molecule has 1 aliphatic rings. The number of sulfonamides is 1. The second-order valence-corrected chi connectivity index (χ2v) is 6.82. The summed E-state index contributed by atoms with van der Waals surface area (Å²) in [5.74, 6) is 0.318. The van der Waals surface area contributed by atoms with Crippen LogP contribution in [0.25, 0.3) is 0 Å². The van der Waals surface area contributed by atoms with E-state index in [9.17, 15) is 13.2 Å². The number of hydrogen-bond donors (Lipinski definition) is 1. The first kappa shape index (κ1) is 15.6. The van der Waals surface area contributed by atoms with Crippen LogP contribution in [0.4, 0.5) is 5.95 Å². The summed E-state index contributed by atoms with van der Waals surface area (Å²) in [6, 6.07) is 1.74. The maximum Gasteiger partial charge on any atom is 0.225 e. The fourth-order valence-corrected chi connectivity index (χ4v) is 3.44. The third kappa shape index (κ3) is 4.36. The second-order valence-electron chi connectivity index (χ2n) is 4.73. The minimum atomic E-state index is -3.33. The van der Waals surface area contributed by atoms with Crippen LogP contribution in [-0.2, 0) is 14.8 Å². The number of rotatable bonds is 5. The number of carbonyl (C=O) groups excluding carboxylic acids is 1. The zero-order valence-corrected chi connectivity index (χ0v) is 12.7. The summed E-state index contributed by atoms with van der Waals surface area (Å²) in [5.41, 5.74) is 0. The monoisotopic (exact) mass is 313 g/mol. The van der Waals surface area contributed by atoms with Gasteiger partial charge in [0.15, 0.2) is 0 Å². The molecule has 8 nitrogen and oxygen atoms in total. The summed E-state index contributed by atoms with van der Waals surface area (Å²) in [6.07, 6.45) is 3.33. The summed E-state index contributed by atoms with van der Waals surface area (Å²) in [7, 11) is -3.33. The molecule has 0 atom stereocenters. The lowest BCUT2D eigenvalue weighted by atomic mass is 10.4. The van der Waals surface area contributed by atoms with E-state index in [1.54, 1.807) is 18.5 Å². The van der Waals surface area contributed by atoms with Crippen molar-refractivity contribution in [2.24, 2.45) is 0 Å². The normalized spacial score (nSPS) is 16.7. The van der Waals surface area contributed by atoms with Gasteiger partial charge in [0.1, 0.15) is 0 Å². The van der Waals surface area contributed by atoms with Gasteiger partial charge in [-0.05, 0) is 6.07 Å². The molecule has 1 aromatic heterocycles. The van der Waals surface area contributed by atoms with Gasteiger partial charge in [0.2, 0.25) is 21.9 Å². The molecule has 1 N–H and O–H groups in total. The summed E-state index contributed by atoms with van der Waals surface area (Å²) < 4.78 is 25.7. The van der Waals surface area contributed by atoms with E-state index in [-0.39, 0.29) is 18.2 Å². The quantitative estimate of drug-likeness (QED) is 0.754. The third-order valence-electron chi connectivity index (χ3n) is 3.20. The van der Waals surface area contributed by atoms with Gasteiger partial charge >= 0.3 is 0 Å². The van der Waals surface area contributed by atoms with Crippen LogP contribution in [0.3, 0.4) is 0 Å². The van der Waals surface area contributed by atoms with Gasteiger partial charge in [-0.15, -0.1) is 0 Å². The van der Waals surface area contributed by atoms with E-state index in [0.717, 1.165) is 0 Å².